The van der Waals surface area contributed by atoms with Crippen molar-refractivity contribution in [1.29, 1.82) is 0 Å². The molecule has 7 nitrogen and oxygen atoms in total. The quantitative estimate of drug-likeness (QED) is 0.260. The first kappa shape index (κ1) is 22.9. The van der Waals surface area contributed by atoms with Crippen LogP contribution >= 0.6 is 24.0 Å². The van der Waals surface area contributed by atoms with Crippen molar-refractivity contribution in [3.63, 3.8) is 0 Å². The SMILES string of the molecule is CCC(CC)c1cc(CNC(=NC)NCc2cc(-c3ccccc3)on2)on1.I. The number of nitrogens with one attached hydrogen (secondary N) is 2. The first-order valence-corrected chi connectivity index (χ1v) is 9.64. The largest absolute Gasteiger partial charge is 0.359 e. The van der Waals surface area contributed by atoms with Gasteiger partial charge < -0.3 is 19.7 Å². The molecule has 0 aliphatic carbocycles. The van der Waals surface area contributed by atoms with Crippen LogP contribution < -0.4 is 10.6 Å². The fourth-order valence-corrected chi connectivity index (χ4v) is 3.01. The van der Waals surface area contributed by atoms with Crippen molar-refractivity contribution in [3.8, 4) is 11.3 Å². The molecule has 0 atom stereocenters. The molecular weight excluding hydrogens is 481 g/mol. The van der Waals surface area contributed by atoms with Crippen LogP contribution in [-0.4, -0.2) is 23.3 Å². The third-order valence-corrected chi connectivity index (χ3v) is 4.69. The second-order valence-corrected chi connectivity index (χ2v) is 6.56. The van der Waals surface area contributed by atoms with Gasteiger partial charge in [-0.2, -0.15) is 0 Å². The number of aromatic nitrogens is 2. The molecule has 0 bridgehead atoms. The van der Waals surface area contributed by atoms with Crippen LogP contribution in [-0.2, 0) is 13.1 Å². The zero-order valence-corrected chi connectivity index (χ0v) is 19.3. The van der Waals surface area contributed by atoms with Gasteiger partial charge >= 0.3 is 0 Å². The summed E-state index contributed by atoms with van der Waals surface area (Å²) in [5.74, 6) is 2.64. The first-order chi connectivity index (χ1) is 13.7. The number of hydrogen-bond donors (Lipinski definition) is 2. The van der Waals surface area contributed by atoms with Crippen molar-refractivity contribution in [2.45, 2.75) is 45.7 Å². The number of benzene rings is 1. The lowest BCUT2D eigenvalue weighted by molar-refractivity contribution is 0.368. The van der Waals surface area contributed by atoms with Crippen LogP contribution in [0.2, 0.25) is 0 Å². The standard InChI is InChI=1S/C21H27N5O2.HI/c1-4-15(5-2)19-12-18(27-26-19)14-24-21(22-3)23-13-17-11-20(28-25-17)16-9-7-6-8-10-16;/h6-12,15H,4-5,13-14H2,1-3H3,(H2,22,23,24);1H. The van der Waals surface area contributed by atoms with Crippen LogP contribution in [0.5, 0.6) is 0 Å². The van der Waals surface area contributed by atoms with Gasteiger partial charge in [0.1, 0.15) is 5.69 Å². The lowest BCUT2D eigenvalue weighted by Gasteiger charge is -2.09. The van der Waals surface area contributed by atoms with Gasteiger partial charge in [0.15, 0.2) is 17.5 Å². The maximum atomic E-state index is 5.44. The molecule has 156 valence electrons. The van der Waals surface area contributed by atoms with Crippen molar-refractivity contribution in [2.75, 3.05) is 7.05 Å². The van der Waals surface area contributed by atoms with E-state index in [2.05, 4.69) is 39.8 Å². The predicted octanol–water partition coefficient (Wildman–Crippen LogP) is 4.72. The van der Waals surface area contributed by atoms with Gasteiger partial charge in [0.25, 0.3) is 0 Å². The molecule has 2 heterocycles. The molecule has 3 rings (SSSR count). The fourth-order valence-electron chi connectivity index (χ4n) is 3.01. The molecule has 1 aromatic carbocycles. The number of aliphatic imine (C=N–C) groups is 1. The van der Waals surface area contributed by atoms with Crippen LogP contribution in [0.25, 0.3) is 11.3 Å². The molecule has 2 N–H and O–H groups in total. The third kappa shape index (κ3) is 6.31. The summed E-state index contributed by atoms with van der Waals surface area (Å²) < 4.78 is 10.9. The predicted molar refractivity (Wildman–Crippen MR) is 124 cm³/mol. The minimum Gasteiger partial charge on any atom is -0.359 e. The molecule has 8 heteroatoms. The summed E-state index contributed by atoms with van der Waals surface area (Å²) >= 11 is 0. The molecule has 0 aliphatic heterocycles. The summed E-state index contributed by atoms with van der Waals surface area (Å²) in [7, 11) is 1.73. The molecule has 2 aromatic heterocycles. The Labute approximate surface area is 188 Å². The Morgan fingerprint density at radius 3 is 2.41 bits per heavy atom. The molecule has 0 saturated heterocycles. The highest BCUT2D eigenvalue weighted by Crippen LogP contribution is 2.22. The average Bonchev–Trinajstić information content (AvgIpc) is 3.40. The van der Waals surface area contributed by atoms with Gasteiger partial charge in [0.05, 0.1) is 18.8 Å². The van der Waals surface area contributed by atoms with Gasteiger partial charge in [-0.25, -0.2) is 0 Å². The summed E-state index contributed by atoms with van der Waals surface area (Å²) in [5, 5.41) is 14.8. The summed E-state index contributed by atoms with van der Waals surface area (Å²) in [5.41, 5.74) is 2.82. The number of nitrogens with zero attached hydrogens (tertiary/aromatic N) is 3. The van der Waals surface area contributed by atoms with Crippen LogP contribution in [0.4, 0.5) is 0 Å². The minimum atomic E-state index is 0. The van der Waals surface area contributed by atoms with Crippen molar-refractivity contribution in [3.05, 3.63) is 59.6 Å². The van der Waals surface area contributed by atoms with Gasteiger partial charge in [-0.05, 0) is 12.8 Å². The number of hydrogen-bond acceptors (Lipinski definition) is 5. The van der Waals surface area contributed by atoms with E-state index in [-0.39, 0.29) is 24.0 Å². The Balaban J connectivity index is 0.00000300. The maximum Gasteiger partial charge on any atom is 0.191 e. The van der Waals surface area contributed by atoms with E-state index in [0.717, 1.165) is 41.3 Å². The van der Waals surface area contributed by atoms with E-state index >= 15 is 0 Å². The minimum absolute atomic E-state index is 0. The summed E-state index contributed by atoms with van der Waals surface area (Å²) in [4.78, 5) is 4.23. The monoisotopic (exact) mass is 509 g/mol. The van der Waals surface area contributed by atoms with Crippen LogP contribution in [0.3, 0.4) is 0 Å². The zero-order valence-electron chi connectivity index (χ0n) is 17.0. The first-order valence-electron chi connectivity index (χ1n) is 9.64. The van der Waals surface area contributed by atoms with E-state index in [1.54, 1.807) is 7.05 Å². The smallest absolute Gasteiger partial charge is 0.191 e. The van der Waals surface area contributed by atoms with Gasteiger partial charge in [0, 0.05) is 30.7 Å². The normalized spacial score (nSPS) is 11.4. The lowest BCUT2D eigenvalue weighted by Crippen LogP contribution is -2.36. The molecule has 0 unspecified atom stereocenters. The van der Waals surface area contributed by atoms with E-state index in [1.165, 1.54) is 0 Å². The van der Waals surface area contributed by atoms with Crippen molar-refractivity contribution in [2.24, 2.45) is 4.99 Å². The van der Waals surface area contributed by atoms with Gasteiger partial charge in [-0.15, -0.1) is 24.0 Å². The molecule has 29 heavy (non-hydrogen) atoms. The highest BCUT2D eigenvalue weighted by atomic mass is 127. The van der Waals surface area contributed by atoms with Gasteiger partial charge in [-0.3, -0.25) is 4.99 Å². The van der Waals surface area contributed by atoms with E-state index in [9.17, 15) is 0 Å². The van der Waals surface area contributed by atoms with E-state index in [0.29, 0.717) is 25.0 Å². The Bertz CT molecular complexity index is 887. The van der Waals surface area contributed by atoms with Gasteiger partial charge in [-0.1, -0.05) is 54.5 Å². The highest BCUT2D eigenvalue weighted by molar-refractivity contribution is 14.0. The molecule has 0 aliphatic rings. The van der Waals surface area contributed by atoms with Crippen molar-refractivity contribution < 1.29 is 9.05 Å². The Hall–Kier alpha value is -2.36. The number of rotatable bonds is 8. The maximum absolute atomic E-state index is 5.44. The Morgan fingerprint density at radius 2 is 1.72 bits per heavy atom. The molecule has 0 saturated carbocycles. The molecule has 0 spiro atoms. The third-order valence-electron chi connectivity index (χ3n) is 4.69. The number of guanidine groups is 1. The Kier molecular flexibility index (Phi) is 9.17. The topological polar surface area (TPSA) is 88.5 Å². The Morgan fingerprint density at radius 1 is 1.00 bits per heavy atom. The molecular formula is C21H28IN5O2. The summed E-state index contributed by atoms with van der Waals surface area (Å²) in [6.07, 6.45) is 2.11. The molecule has 3 aromatic rings. The van der Waals surface area contributed by atoms with Crippen LogP contribution in [0.1, 0.15) is 49.8 Å². The fraction of sp³-hybridized carbons (Fsp3) is 0.381. The molecule has 0 amide bonds. The van der Waals surface area contributed by atoms with Crippen molar-refractivity contribution >= 4 is 29.9 Å². The summed E-state index contributed by atoms with van der Waals surface area (Å²) in [6, 6.07) is 13.8. The lowest BCUT2D eigenvalue weighted by atomic mass is 9.99. The van der Waals surface area contributed by atoms with E-state index in [1.807, 2.05) is 42.5 Å². The molecule has 0 radical (unpaired) electrons. The zero-order chi connectivity index (χ0) is 19.8. The molecule has 0 fully saturated rings. The van der Waals surface area contributed by atoms with Crippen molar-refractivity contribution in [1.82, 2.24) is 20.9 Å². The van der Waals surface area contributed by atoms with Crippen LogP contribution in [0.15, 0.2) is 56.5 Å². The highest BCUT2D eigenvalue weighted by Gasteiger charge is 2.13. The average molecular weight is 509 g/mol. The second-order valence-electron chi connectivity index (χ2n) is 6.56. The number of halogens is 1. The van der Waals surface area contributed by atoms with Crippen LogP contribution in [0, 0.1) is 0 Å². The van der Waals surface area contributed by atoms with E-state index in [4.69, 9.17) is 9.05 Å². The second kappa shape index (κ2) is 11.6. The van der Waals surface area contributed by atoms with Gasteiger partial charge in [0.2, 0.25) is 0 Å². The summed E-state index contributed by atoms with van der Waals surface area (Å²) in [6.45, 7) is 5.35. The van der Waals surface area contributed by atoms with E-state index < -0.39 is 0 Å².